The van der Waals surface area contributed by atoms with Crippen molar-refractivity contribution < 1.29 is 17.9 Å². The molecule has 1 aliphatic heterocycles. The van der Waals surface area contributed by atoms with Crippen molar-refractivity contribution in [3.63, 3.8) is 0 Å². The molecule has 0 aliphatic carbocycles. The Balaban J connectivity index is 1.68. The van der Waals surface area contributed by atoms with Crippen molar-refractivity contribution in [2.75, 3.05) is 17.9 Å². The Kier molecular flexibility index (Phi) is 5.82. The second kappa shape index (κ2) is 8.10. The number of nitrogens with one attached hydrogen (secondary N) is 2. The Bertz CT molecular complexity index is 917. The van der Waals surface area contributed by atoms with Gasteiger partial charge < -0.3 is 10.1 Å². The Hall–Kier alpha value is -2.38. The number of ether oxygens (including phenoxy) is 1. The number of aryl methyl sites for hydroxylation is 2. The molecule has 1 fully saturated rings. The number of anilines is 1. The first-order valence-electron chi connectivity index (χ1n) is 8.95. The number of hydrogen-bond donors (Lipinski definition) is 2. The second-order valence-electron chi connectivity index (χ2n) is 6.79. The lowest BCUT2D eigenvalue weighted by atomic mass is 10.1. The molecular formula is C20H24N2O4S. The molecule has 1 unspecified atom stereocenters. The smallest absolute Gasteiger partial charge is 0.261 e. The Morgan fingerprint density at radius 1 is 1.15 bits per heavy atom. The van der Waals surface area contributed by atoms with E-state index in [1.54, 1.807) is 49.4 Å². The summed E-state index contributed by atoms with van der Waals surface area (Å²) >= 11 is 0. The van der Waals surface area contributed by atoms with Crippen molar-refractivity contribution in [1.82, 2.24) is 5.32 Å². The fourth-order valence-corrected chi connectivity index (χ4v) is 4.09. The average molecular weight is 388 g/mol. The molecule has 0 radical (unpaired) electrons. The van der Waals surface area contributed by atoms with Crippen LogP contribution in [0.25, 0.3) is 0 Å². The van der Waals surface area contributed by atoms with Crippen LogP contribution in [0.3, 0.4) is 0 Å². The minimum atomic E-state index is -3.67. The maximum Gasteiger partial charge on any atom is 0.261 e. The zero-order valence-corrected chi connectivity index (χ0v) is 16.3. The van der Waals surface area contributed by atoms with Gasteiger partial charge in [-0.15, -0.1) is 0 Å². The van der Waals surface area contributed by atoms with Gasteiger partial charge in [0.15, 0.2) is 0 Å². The van der Waals surface area contributed by atoms with Crippen molar-refractivity contribution in [3.8, 4) is 0 Å². The molecule has 1 atom stereocenters. The summed E-state index contributed by atoms with van der Waals surface area (Å²) < 4.78 is 33.1. The van der Waals surface area contributed by atoms with Crippen LogP contribution in [0.15, 0.2) is 47.4 Å². The molecule has 0 aromatic heterocycles. The summed E-state index contributed by atoms with van der Waals surface area (Å²) in [5.41, 5.74) is 2.61. The molecule has 2 N–H and O–H groups in total. The second-order valence-corrected chi connectivity index (χ2v) is 8.48. The largest absolute Gasteiger partial charge is 0.376 e. The van der Waals surface area contributed by atoms with E-state index in [-0.39, 0.29) is 16.9 Å². The van der Waals surface area contributed by atoms with Gasteiger partial charge in [-0.2, -0.15) is 0 Å². The van der Waals surface area contributed by atoms with Gasteiger partial charge in [0.25, 0.3) is 15.9 Å². The minimum absolute atomic E-state index is 0.0793. The van der Waals surface area contributed by atoms with Crippen LogP contribution in [0, 0.1) is 13.8 Å². The Labute approximate surface area is 160 Å². The first kappa shape index (κ1) is 19.4. The lowest BCUT2D eigenvalue weighted by Crippen LogP contribution is -2.31. The molecule has 2 aromatic rings. The quantitative estimate of drug-likeness (QED) is 0.797. The Morgan fingerprint density at radius 2 is 1.89 bits per heavy atom. The van der Waals surface area contributed by atoms with E-state index in [2.05, 4.69) is 10.0 Å². The summed E-state index contributed by atoms with van der Waals surface area (Å²) in [6.45, 7) is 4.90. The molecule has 1 aliphatic rings. The van der Waals surface area contributed by atoms with Crippen molar-refractivity contribution in [1.29, 1.82) is 0 Å². The predicted octanol–water partition coefficient (Wildman–Crippen LogP) is 3.01. The molecule has 0 saturated carbocycles. The van der Waals surface area contributed by atoms with Gasteiger partial charge in [0.2, 0.25) is 0 Å². The Morgan fingerprint density at radius 3 is 2.52 bits per heavy atom. The summed E-state index contributed by atoms with van der Waals surface area (Å²) in [6.07, 6.45) is 2.06. The highest BCUT2D eigenvalue weighted by Crippen LogP contribution is 2.21. The summed E-state index contributed by atoms with van der Waals surface area (Å²) in [5, 5.41) is 2.86. The summed E-state index contributed by atoms with van der Waals surface area (Å²) in [6, 6.07) is 11.6. The van der Waals surface area contributed by atoms with Crippen LogP contribution in [-0.4, -0.2) is 33.6 Å². The molecule has 1 saturated heterocycles. The third-order valence-corrected chi connectivity index (χ3v) is 5.96. The van der Waals surface area contributed by atoms with Gasteiger partial charge in [0.05, 0.1) is 16.7 Å². The van der Waals surface area contributed by atoms with Crippen LogP contribution < -0.4 is 10.0 Å². The molecule has 144 valence electrons. The fraction of sp³-hybridized carbons (Fsp3) is 0.350. The van der Waals surface area contributed by atoms with Gasteiger partial charge in [-0.1, -0.05) is 17.7 Å². The maximum absolute atomic E-state index is 12.5. The molecule has 6 nitrogen and oxygen atoms in total. The van der Waals surface area contributed by atoms with Crippen LogP contribution in [-0.2, 0) is 14.8 Å². The van der Waals surface area contributed by atoms with Crippen LogP contribution in [0.1, 0.15) is 34.3 Å². The third-order valence-electron chi connectivity index (χ3n) is 4.58. The standard InChI is InChI=1S/C20H24N2O4S/c1-14-5-8-18(9-6-14)27(24,25)22-19-10-7-16(12-15(19)2)20(23)21-13-17-4-3-11-26-17/h5-10,12,17,22H,3-4,11,13H2,1-2H3,(H,21,23). The average Bonchev–Trinajstić information content (AvgIpc) is 3.15. The van der Waals surface area contributed by atoms with E-state index < -0.39 is 10.0 Å². The number of carbonyl (C=O) groups excluding carboxylic acids is 1. The number of amides is 1. The van der Waals surface area contributed by atoms with Crippen molar-refractivity contribution >= 4 is 21.6 Å². The van der Waals surface area contributed by atoms with Gasteiger partial charge in [0.1, 0.15) is 0 Å². The zero-order valence-electron chi connectivity index (χ0n) is 15.5. The summed E-state index contributed by atoms with van der Waals surface area (Å²) in [5.74, 6) is -0.193. The van der Waals surface area contributed by atoms with Gasteiger partial charge in [0, 0.05) is 18.7 Å². The van der Waals surface area contributed by atoms with Crippen LogP contribution in [0.2, 0.25) is 0 Å². The van der Waals surface area contributed by atoms with E-state index in [0.717, 1.165) is 25.0 Å². The molecule has 3 rings (SSSR count). The van der Waals surface area contributed by atoms with E-state index in [0.29, 0.717) is 23.4 Å². The number of benzene rings is 2. The number of rotatable bonds is 6. The van der Waals surface area contributed by atoms with Crippen LogP contribution >= 0.6 is 0 Å². The minimum Gasteiger partial charge on any atom is -0.376 e. The number of hydrogen-bond acceptors (Lipinski definition) is 4. The van der Waals surface area contributed by atoms with Crippen LogP contribution in [0.4, 0.5) is 5.69 Å². The first-order chi connectivity index (χ1) is 12.8. The van der Waals surface area contributed by atoms with Gasteiger partial charge in [-0.25, -0.2) is 8.42 Å². The highest BCUT2D eigenvalue weighted by atomic mass is 32.2. The van der Waals surface area contributed by atoms with E-state index in [1.807, 2.05) is 6.92 Å². The van der Waals surface area contributed by atoms with Gasteiger partial charge >= 0.3 is 0 Å². The number of sulfonamides is 1. The molecule has 2 aromatic carbocycles. The zero-order chi connectivity index (χ0) is 19.4. The monoisotopic (exact) mass is 388 g/mol. The molecule has 1 amide bonds. The highest BCUT2D eigenvalue weighted by Gasteiger charge is 2.18. The van der Waals surface area contributed by atoms with Crippen molar-refractivity contribution in [3.05, 3.63) is 59.2 Å². The SMILES string of the molecule is Cc1ccc(S(=O)(=O)Nc2ccc(C(=O)NCC3CCCO3)cc2C)cc1. The van der Waals surface area contributed by atoms with Gasteiger partial charge in [-0.05, 0) is 62.6 Å². The molecule has 1 heterocycles. The lowest BCUT2D eigenvalue weighted by molar-refractivity contribution is 0.0857. The summed E-state index contributed by atoms with van der Waals surface area (Å²) in [4.78, 5) is 12.5. The van der Waals surface area contributed by atoms with E-state index in [9.17, 15) is 13.2 Å². The van der Waals surface area contributed by atoms with E-state index in [1.165, 1.54) is 0 Å². The first-order valence-corrected chi connectivity index (χ1v) is 10.4. The topological polar surface area (TPSA) is 84.5 Å². The van der Waals surface area contributed by atoms with E-state index in [4.69, 9.17) is 4.74 Å². The predicted molar refractivity (Wildman–Crippen MR) is 104 cm³/mol. The van der Waals surface area contributed by atoms with Crippen molar-refractivity contribution in [2.24, 2.45) is 0 Å². The van der Waals surface area contributed by atoms with Gasteiger partial charge in [-0.3, -0.25) is 9.52 Å². The van der Waals surface area contributed by atoms with Crippen LogP contribution in [0.5, 0.6) is 0 Å². The molecular weight excluding hydrogens is 364 g/mol. The molecule has 27 heavy (non-hydrogen) atoms. The van der Waals surface area contributed by atoms with Crippen molar-refractivity contribution in [2.45, 2.75) is 37.7 Å². The maximum atomic E-state index is 12.5. The normalized spacial score (nSPS) is 16.9. The third kappa shape index (κ3) is 4.87. The highest BCUT2D eigenvalue weighted by molar-refractivity contribution is 7.92. The molecule has 0 spiro atoms. The number of carbonyl (C=O) groups is 1. The summed E-state index contributed by atoms with van der Waals surface area (Å²) in [7, 11) is -3.67. The molecule has 7 heteroatoms. The fourth-order valence-electron chi connectivity index (χ4n) is 2.95. The molecule has 0 bridgehead atoms. The lowest BCUT2D eigenvalue weighted by Gasteiger charge is -2.13. The van der Waals surface area contributed by atoms with E-state index >= 15 is 0 Å².